The monoisotopic (exact) mass is 462 g/mol. The molecule has 1 fully saturated rings. The normalized spacial score (nSPS) is 15.6. The van der Waals surface area contributed by atoms with E-state index in [4.69, 9.17) is 4.74 Å². The van der Waals surface area contributed by atoms with E-state index < -0.39 is 17.9 Å². The molecule has 0 aliphatic carbocycles. The molecule has 4 rings (SSSR count). The summed E-state index contributed by atoms with van der Waals surface area (Å²) in [5.41, 5.74) is 1.25. The van der Waals surface area contributed by atoms with Crippen molar-refractivity contribution in [1.82, 2.24) is 24.4 Å². The van der Waals surface area contributed by atoms with Crippen molar-refractivity contribution >= 4 is 22.8 Å². The van der Waals surface area contributed by atoms with Gasteiger partial charge in [0.05, 0.1) is 18.9 Å². The van der Waals surface area contributed by atoms with Gasteiger partial charge in [0.25, 0.3) is 0 Å². The summed E-state index contributed by atoms with van der Waals surface area (Å²) in [6.45, 7) is 6.49. The highest BCUT2D eigenvalue weighted by Gasteiger charge is 2.32. The summed E-state index contributed by atoms with van der Waals surface area (Å²) in [7, 11) is 0. The number of pyridine rings is 2. The standard InChI is InChI=1S/C22H25F3N6O2/c1-3-15(21(32)30-9-11-33-12-10-30)28-16-7-8-26-20-18(16)29-19(31(20)4-2)14-5-6-17(27-13-14)22(23,24)25/h5-8,13,15H,3-4,9-12H2,1-2H3,(H,26,28)/t15-/m0/s1. The predicted molar refractivity (Wildman–Crippen MR) is 117 cm³/mol. The van der Waals surface area contributed by atoms with Crippen molar-refractivity contribution in [2.24, 2.45) is 0 Å². The quantitative estimate of drug-likeness (QED) is 0.603. The molecule has 3 aromatic heterocycles. The zero-order valence-electron chi connectivity index (χ0n) is 18.4. The first kappa shape index (κ1) is 23.0. The largest absolute Gasteiger partial charge is 0.433 e. The summed E-state index contributed by atoms with van der Waals surface area (Å²) in [6, 6.07) is 3.60. The number of fused-ring (bicyclic) bond motifs is 1. The second-order valence-electron chi connectivity index (χ2n) is 7.68. The number of rotatable bonds is 6. The number of carbonyl (C=O) groups is 1. The van der Waals surface area contributed by atoms with Crippen LogP contribution in [0.4, 0.5) is 18.9 Å². The SMILES string of the molecule is CC[C@H](Nc1ccnc2c1nc(-c1ccc(C(F)(F)F)nc1)n2CC)C(=O)N1CCOCC1. The predicted octanol–water partition coefficient (Wildman–Crippen LogP) is 3.58. The molecule has 0 spiro atoms. The molecular weight excluding hydrogens is 437 g/mol. The fourth-order valence-corrected chi connectivity index (χ4v) is 3.88. The minimum atomic E-state index is -4.51. The zero-order chi connectivity index (χ0) is 23.6. The van der Waals surface area contributed by atoms with Crippen LogP contribution in [0.5, 0.6) is 0 Å². The third kappa shape index (κ3) is 4.63. The molecule has 4 heterocycles. The lowest BCUT2D eigenvalue weighted by atomic mass is 10.1. The van der Waals surface area contributed by atoms with Gasteiger partial charge in [-0.15, -0.1) is 0 Å². The first-order valence-electron chi connectivity index (χ1n) is 10.8. The van der Waals surface area contributed by atoms with E-state index in [9.17, 15) is 18.0 Å². The van der Waals surface area contributed by atoms with Gasteiger partial charge in [0.1, 0.15) is 23.1 Å². The highest BCUT2D eigenvalue weighted by Crippen LogP contribution is 2.31. The molecule has 11 heteroatoms. The lowest BCUT2D eigenvalue weighted by Crippen LogP contribution is -2.47. The van der Waals surface area contributed by atoms with Crippen LogP contribution in [0.25, 0.3) is 22.6 Å². The average molecular weight is 462 g/mol. The molecule has 0 aromatic carbocycles. The van der Waals surface area contributed by atoms with E-state index >= 15 is 0 Å². The van der Waals surface area contributed by atoms with Crippen LogP contribution in [0, 0.1) is 0 Å². The molecule has 176 valence electrons. The number of ether oxygens (including phenoxy) is 1. The molecule has 0 bridgehead atoms. The molecule has 1 saturated heterocycles. The second-order valence-corrected chi connectivity index (χ2v) is 7.68. The van der Waals surface area contributed by atoms with E-state index in [2.05, 4.69) is 20.3 Å². The van der Waals surface area contributed by atoms with E-state index in [1.165, 1.54) is 12.3 Å². The number of halogens is 3. The highest BCUT2D eigenvalue weighted by atomic mass is 19.4. The number of hydrogen-bond donors (Lipinski definition) is 1. The first-order valence-corrected chi connectivity index (χ1v) is 10.8. The summed E-state index contributed by atoms with van der Waals surface area (Å²) in [6.07, 6.45) is -1.15. The second kappa shape index (κ2) is 9.34. The Morgan fingerprint density at radius 3 is 2.55 bits per heavy atom. The molecule has 1 aliphatic rings. The lowest BCUT2D eigenvalue weighted by molar-refractivity contribution is -0.141. The summed E-state index contributed by atoms with van der Waals surface area (Å²) < 4.78 is 45.9. The summed E-state index contributed by atoms with van der Waals surface area (Å²) in [5.74, 6) is 0.455. The molecule has 0 radical (unpaired) electrons. The minimum Gasteiger partial charge on any atom is -0.378 e. The Kier molecular flexibility index (Phi) is 6.50. The van der Waals surface area contributed by atoms with Crippen molar-refractivity contribution in [2.45, 2.75) is 39.0 Å². The number of carbonyl (C=O) groups excluding carboxylic acids is 1. The number of hydrogen-bond acceptors (Lipinski definition) is 6. The maximum absolute atomic E-state index is 13.0. The fourth-order valence-electron chi connectivity index (χ4n) is 3.88. The number of morpholine rings is 1. The van der Waals surface area contributed by atoms with Crippen molar-refractivity contribution in [3.8, 4) is 11.4 Å². The number of nitrogens with one attached hydrogen (secondary N) is 1. The topological polar surface area (TPSA) is 85.2 Å². The van der Waals surface area contributed by atoms with Gasteiger partial charge in [-0.3, -0.25) is 9.78 Å². The molecule has 1 atom stereocenters. The smallest absolute Gasteiger partial charge is 0.378 e. The van der Waals surface area contributed by atoms with Gasteiger partial charge in [0.2, 0.25) is 5.91 Å². The van der Waals surface area contributed by atoms with Gasteiger partial charge in [-0.25, -0.2) is 9.97 Å². The lowest BCUT2D eigenvalue weighted by Gasteiger charge is -2.30. The third-order valence-corrected chi connectivity index (χ3v) is 5.62. The van der Waals surface area contributed by atoms with Gasteiger partial charge in [0, 0.05) is 37.6 Å². The Hall–Kier alpha value is -3.21. The van der Waals surface area contributed by atoms with Gasteiger partial charge in [-0.05, 0) is 31.5 Å². The van der Waals surface area contributed by atoms with Gasteiger partial charge in [-0.1, -0.05) is 6.92 Å². The third-order valence-electron chi connectivity index (χ3n) is 5.62. The van der Waals surface area contributed by atoms with E-state index in [1.54, 1.807) is 17.2 Å². The molecule has 0 saturated carbocycles. The van der Waals surface area contributed by atoms with Crippen molar-refractivity contribution in [2.75, 3.05) is 31.6 Å². The highest BCUT2D eigenvalue weighted by molar-refractivity contribution is 5.92. The number of aryl methyl sites for hydroxylation is 1. The van der Waals surface area contributed by atoms with E-state index in [-0.39, 0.29) is 5.91 Å². The molecular formula is C22H25F3N6O2. The Bertz CT molecular complexity index is 1120. The molecule has 1 amide bonds. The molecule has 1 aliphatic heterocycles. The van der Waals surface area contributed by atoms with Crippen LogP contribution in [0.1, 0.15) is 26.0 Å². The van der Waals surface area contributed by atoms with Crippen molar-refractivity contribution in [3.63, 3.8) is 0 Å². The van der Waals surface area contributed by atoms with Crippen molar-refractivity contribution in [3.05, 3.63) is 36.3 Å². The van der Waals surface area contributed by atoms with Crippen LogP contribution in [-0.2, 0) is 22.3 Å². The summed E-state index contributed by atoms with van der Waals surface area (Å²) >= 11 is 0. The van der Waals surface area contributed by atoms with Crippen LogP contribution in [0.2, 0.25) is 0 Å². The summed E-state index contributed by atoms with van der Waals surface area (Å²) in [5, 5.41) is 3.30. The van der Waals surface area contributed by atoms with Gasteiger partial charge < -0.3 is 19.5 Å². The van der Waals surface area contributed by atoms with E-state index in [0.29, 0.717) is 67.5 Å². The molecule has 1 N–H and O–H groups in total. The van der Waals surface area contributed by atoms with Crippen LogP contribution in [-0.4, -0.2) is 62.7 Å². The first-order chi connectivity index (χ1) is 15.8. The number of imidazole rings is 1. The van der Waals surface area contributed by atoms with Crippen molar-refractivity contribution in [1.29, 1.82) is 0 Å². The van der Waals surface area contributed by atoms with Crippen LogP contribution >= 0.6 is 0 Å². The average Bonchev–Trinajstić information content (AvgIpc) is 3.21. The molecule has 33 heavy (non-hydrogen) atoms. The van der Waals surface area contributed by atoms with Crippen LogP contribution in [0.15, 0.2) is 30.6 Å². The van der Waals surface area contributed by atoms with Gasteiger partial charge in [-0.2, -0.15) is 13.2 Å². The Balaban J connectivity index is 1.68. The van der Waals surface area contributed by atoms with Gasteiger partial charge >= 0.3 is 6.18 Å². The minimum absolute atomic E-state index is 0.00662. The Morgan fingerprint density at radius 2 is 1.94 bits per heavy atom. The van der Waals surface area contributed by atoms with E-state index in [0.717, 1.165) is 6.07 Å². The summed E-state index contributed by atoms with van der Waals surface area (Å²) in [4.78, 5) is 27.4. The Morgan fingerprint density at radius 1 is 1.18 bits per heavy atom. The van der Waals surface area contributed by atoms with Gasteiger partial charge in [0.15, 0.2) is 5.65 Å². The van der Waals surface area contributed by atoms with Crippen LogP contribution < -0.4 is 5.32 Å². The fraction of sp³-hybridized carbons (Fsp3) is 0.455. The Labute approximate surface area is 188 Å². The van der Waals surface area contributed by atoms with E-state index in [1.807, 2.05) is 18.4 Å². The number of aromatic nitrogens is 4. The molecule has 8 nitrogen and oxygen atoms in total. The molecule has 0 unspecified atom stereocenters. The molecule has 3 aromatic rings. The number of alkyl halides is 3. The van der Waals surface area contributed by atoms with Crippen LogP contribution in [0.3, 0.4) is 0 Å². The number of amides is 1. The van der Waals surface area contributed by atoms with Crippen molar-refractivity contribution < 1.29 is 22.7 Å². The number of anilines is 1. The zero-order valence-corrected chi connectivity index (χ0v) is 18.4. The number of nitrogens with zero attached hydrogens (tertiary/aromatic N) is 5. The maximum Gasteiger partial charge on any atom is 0.433 e. The maximum atomic E-state index is 13.0.